The van der Waals surface area contributed by atoms with E-state index in [0.29, 0.717) is 0 Å². The van der Waals surface area contributed by atoms with Crippen LogP contribution >= 0.6 is 15.9 Å². The van der Waals surface area contributed by atoms with Crippen LogP contribution in [0.5, 0.6) is 0 Å². The Labute approximate surface area is 123 Å². The number of nitrogens with one attached hydrogen (secondary N) is 1. The molecule has 1 aromatic carbocycles. The molecule has 0 spiro atoms. The van der Waals surface area contributed by atoms with Crippen molar-refractivity contribution < 1.29 is 0 Å². The molecule has 100 valence electrons. The van der Waals surface area contributed by atoms with Crippen molar-refractivity contribution in [3.05, 3.63) is 63.9 Å². The first kappa shape index (κ1) is 14.2. The Hall–Kier alpha value is -1.19. The zero-order chi connectivity index (χ0) is 13.7. The molecule has 0 saturated heterocycles. The van der Waals surface area contributed by atoms with Crippen molar-refractivity contribution in [1.29, 1.82) is 0 Å². The minimum atomic E-state index is 0.245. The molecule has 0 amide bonds. The van der Waals surface area contributed by atoms with Crippen molar-refractivity contribution in [2.24, 2.45) is 0 Å². The zero-order valence-electron chi connectivity index (χ0n) is 11.4. The molecule has 0 aliphatic heterocycles. The summed E-state index contributed by atoms with van der Waals surface area (Å²) in [5.74, 6) is 0. The first-order valence-corrected chi connectivity index (χ1v) is 7.40. The summed E-state index contributed by atoms with van der Waals surface area (Å²) in [5, 5.41) is 3.39. The predicted octanol–water partition coefficient (Wildman–Crippen LogP) is 3.91. The van der Waals surface area contributed by atoms with Gasteiger partial charge in [0.1, 0.15) is 0 Å². The summed E-state index contributed by atoms with van der Waals surface area (Å²) in [6, 6.07) is 12.8. The minimum Gasteiger partial charge on any atom is -0.311 e. The summed E-state index contributed by atoms with van der Waals surface area (Å²) >= 11 is 3.61. The summed E-state index contributed by atoms with van der Waals surface area (Å²) in [6.07, 6.45) is 3.82. The van der Waals surface area contributed by atoms with Gasteiger partial charge in [0.05, 0.1) is 11.7 Å². The van der Waals surface area contributed by atoms with Crippen molar-refractivity contribution >= 4 is 15.9 Å². The molecule has 0 radical (unpaired) electrons. The van der Waals surface area contributed by atoms with E-state index in [1.54, 1.807) is 0 Å². The maximum Gasteiger partial charge on any atom is 0.0608 e. The van der Waals surface area contributed by atoms with E-state index in [9.17, 15) is 0 Å². The van der Waals surface area contributed by atoms with E-state index >= 15 is 0 Å². The highest BCUT2D eigenvalue weighted by Crippen LogP contribution is 2.24. The second-order valence-electron chi connectivity index (χ2n) is 4.54. The lowest BCUT2D eigenvalue weighted by Gasteiger charge is -2.19. The SMILES string of the molecule is CCc1cccnc1C(Cc1ccccc1Br)NC. The fourth-order valence-electron chi connectivity index (χ4n) is 2.28. The van der Waals surface area contributed by atoms with Crippen LogP contribution in [-0.4, -0.2) is 12.0 Å². The van der Waals surface area contributed by atoms with Gasteiger partial charge in [0.25, 0.3) is 0 Å². The van der Waals surface area contributed by atoms with Crippen molar-refractivity contribution in [2.45, 2.75) is 25.8 Å². The summed E-state index contributed by atoms with van der Waals surface area (Å²) in [5.41, 5.74) is 3.77. The molecule has 19 heavy (non-hydrogen) atoms. The van der Waals surface area contributed by atoms with E-state index in [1.165, 1.54) is 11.1 Å². The van der Waals surface area contributed by atoms with Gasteiger partial charge in [-0.15, -0.1) is 0 Å². The maximum absolute atomic E-state index is 4.57. The fourth-order valence-corrected chi connectivity index (χ4v) is 2.73. The molecule has 0 saturated carbocycles. The third-order valence-corrected chi connectivity index (χ3v) is 4.14. The van der Waals surface area contributed by atoms with Crippen LogP contribution in [0.2, 0.25) is 0 Å². The van der Waals surface area contributed by atoms with Crippen LogP contribution in [0.4, 0.5) is 0 Å². The van der Waals surface area contributed by atoms with E-state index in [0.717, 1.165) is 23.0 Å². The van der Waals surface area contributed by atoms with Crippen LogP contribution in [0.1, 0.15) is 29.8 Å². The summed E-state index contributed by atoms with van der Waals surface area (Å²) < 4.78 is 1.16. The Morgan fingerprint density at radius 1 is 1.16 bits per heavy atom. The normalized spacial score (nSPS) is 12.4. The lowest BCUT2D eigenvalue weighted by molar-refractivity contribution is 0.569. The van der Waals surface area contributed by atoms with Gasteiger partial charge >= 0.3 is 0 Å². The van der Waals surface area contributed by atoms with Crippen molar-refractivity contribution in [1.82, 2.24) is 10.3 Å². The lowest BCUT2D eigenvalue weighted by atomic mass is 9.98. The standard InChI is InChI=1S/C16H19BrN2/c1-3-12-8-6-10-19-16(12)15(18-2)11-13-7-4-5-9-14(13)17/h4-10,15,18H,3,11H2,1-2H3. The molecule has 3 heteroatoms. The molecule has 1 aromatic heterocycles. The smallest absolute Gasteiger partial charge is 0.0608 e. The number of likely N-dealkylation sites (N-methyl/N-ethyl adjacent to an activating group) is 1. The van der Waals surface area contributed by atoms with E-state index in [1.807, 2.05) is 25.4 Å². The van der Waals surface area contributed by atoms with Gasteiger partial charge in [-0.25, -0.2) is 0 Å². The zero-order valence-corrected chi connectivity index (χ0v) is 12.9. The first-order chi connectivity index (χ1) is 9.26. The Morgan fingerprint density at radius 3 is 2.58 bits per heavy atom. The third-order valence-electron chi connectivity index (χ3n) is 3.37. The molecule has 0 bridgehead atoms. The topological polar surface area (TPSA) is 24.9 Å². The molecule has 2 aromatic rings. The van der Waals surface area contributed by atoms with E-state index in [4.69, 9.17) is 0 Å². The quantitative estimate of drug-likeness (QED) is 0.904. The molecule has 1 atom stereocenters. The molecule has 1 N–H and O–H groups in total. The molecular formula is C16H19BrN2. The maximum atomic E-state index is 4.57. The number of aryl methyl sites for hydroxylation is 1. The second-order valence-corrected chi connectivity index (χ2v) is 5.39. The van der Waals surface area contributed by atoms with Gasteiger partial charge in [0.15, 0.2) is 0 Å². The Balaban J connectivity index is 2.28. The first-order valence-electron chi connectivity index (χ1n) is 6.60. The number of rotatable bonds is 5. The van der Waals surface area contributed by atoms with Gasteiger partial charge in [-0.1, -0.05) is 47.1 Å². The van der Waals surface area contributed by atoms with E-state index < -0.39 is 0 Å². The molecule has 0 fully saturated rings. The van der Waals surface area contributed by atoms with Crippen molar-refractivity contribution in [2.75, 3.05) is 7.05 Å². The molecular weight excluding hydrogens is 300 g/mol. The average Bonchev–Trinajstić information content (AvgIpc) is 2.46. The van der Waals surface area contributed by atoms with Crippen molar-refractivity contribution in [3.8, 4) is 0 Å². The minimum absolute atomic E-state index is 0.245. The highest BCUT2D eigenvalue weighted by molar-refractivity contribution is 9.10. The molecule has 2 rings (SSSR count). The summed E-state index contributed by atoms with van der Waals surface area (Å²) in [4.78, 5) is 4.57. The lowest BCUT2D eigenvalue weighted by Crippen LogP contribution is -2.21. The average molecular weight is 319 g/mol. The monoisotopic (exact) mass is 318 g/mol. The highest BCUT2D eigenvalue weighted by Gasteiger charge is 2.15. The number of aromatic nitrogens is 1. The number of halogens is 1. The number of benzene rings is 1. The number of hydrogen-bond acceptors (Lipinski definition) is 2. The van der Waals surface area contributed by atoms with Crippen LogP contribution < -0.4 is 5.32 Å². The molecule has 0 aliphatic rings. The molecule has 0 aliphatic carbocycles. The number of nitrogens with zero attached hydrogens (tertiary/aromatic N) is 1. The Kier molecular flexibility index (Phi) is 5.11. The van der Waals surface area contributed by atoms with E-state index in [2.05, 4.69) is 57.4 Å². The third kappa shape index (κ3) is 3.43. The summed E-state index contributed by atoms with van der Waals surface area (Å²) in [6.45, 7) is 2.17. The molecule has 2 nitrogen and oxygen atoms in total. The van der Waals surface area contributed by atoms with Gasteiger partial charge in [-0.3, -0.25) is 4.98 Å². The van der Waals surface area contributed by atoms with Crippen LogP contribution in [0.15, 0.2) is 47.1 Å². The summed E-state index contributed by atoms with van der Waals surface area (Å²) in [7, 11) is 2.00. The van der Waals surface area contributed by atoms with Gasteiger partial charge in [0, 0.05) is 10.7 Å². The Bertz CT molecular complexity index is 540. The van der Waals surface area contributed by atoms with Crippen LogP contribution in [0.25, 0.3) is 0 Å². The van der Waals surface area contributed by atoms with Crippen LogP contribution in [0, 0.1) is 0 Å². The fraction of sp³-hybridized carbons (Fsp3) is 0.312. The predicted molar refractivity (Wildman–Crippen MR) is 83.3 cm³/mol. The Morgan fingerprint density at radius 2 is 1.89 bits per heavy atom. The van der Waals surface area contributed by atoms with E-state index in [-0.39, 0.29) is 6.04 Å². The van der Waals surface area contributed by atoms with Gasteiger partial charge < -0.3 is 5.32 Å². The number of pyridine rings is 1. The van der Waals surface area contributed by atoms with Gasteiger partial charge in [-0.2, -0.15) is 0 Å². The van der Waals surface area contributed by atoms with Gasteiger partial charge in [0.2, 0.25) is 0 Å². The number of hydrogen-bond donors (Lipinski definition) is 1. The second kappa shape index (κ2) is 6.83. The molecule has 1 unspecified atom stereocenters. The van der Waals surface area contributed by atoms with Crippen LogP contribution in [-0.2, 0) is 12.8 Å². The highest BCUT2D eigenvalue weighted by atomic mass is 79.9. The van der Waals surface area contributed by atoms with Crippen LogP contribution in [0.3, 0.4) is 0 Å². The largest absolute Gasteiger partial charge is 0.311 e. The molecule has 1 heterocycles. The van der Waals surface area contributed by atoms with Gasteiger partial charge in [-0.05, 0) is 43.1 Å². The van der Waals surface area contributed by atoms with Crippen molar-refractivity contribution in [3.63, 3.8) is 0 Å².